The van der Waals surface area contributed by atoms with E-state index in [0.29, 0.717) is 6.04 Å². The second kappa shape index (κ2) is 5.94. The summed E-state index contributed by atoms with van der Waals surface area (Å²) in [7, 11) is 0. The largest absolute Gasteiger partial charge is 0.493 e. The molecule has 0 bridgehead atoms. The topological polar surface area (TPSA) is 34.1 Å². The highest BCUT2D eigenvalue weighted by atomic mass is 79.9. The Bertz CT molecular complexity index is 588. The van der Waals surface area contributed by atoms with Crippen LogP contribution in [-0.2, 0) is 0 Å². The minimum Gasteiger partial charge on any atom is -0.493 e. The van der Waals surface area contributed by atoms with Gasteiger partial charge in [0.15, 0.2) is 0 Å². The zero-order valence-corrected chi connectivity index (χ0v) is 12.9. The lowest BCUT2D eigenvalue weighted by Gasteiger charge is -2.29. The van der Waals surface area contributed by atoms with E-state index in [2.05, 4.69) is 45.3 Å². The normalized spacial score (nSPS) is 19.0. The predicted molar refractivity (Wildman–Crippen MR) is 82.8 cm³/mol. The Morgan fingerprint density at radius 1 is 1.40 bits per heavy atom. The summed E-state index contributed by atoms with van der Waals surface area (Å²) < 4.78 is 6.81. The van der Waals surface area contributed by atoms with Crippen molar-refractivity contribution >= 4 is 15.9 Å². The number of benzene rings is 1. The van der Waals surface area contributed by atoms with Crippen molar-refractivity contribution in [2.24, 2.45) is 0 Å². The number of rotatable bonds is 3. The number of fused-ring (bicyclic) bond motifs is 1. The first-order valence-electron chi connectivity index (χ1n) is 6.82. The summed E-state index contributed by atoms with van der Waals surface area (Å²) in [6, 6.07) is 10.8. The molecular weight excluding hydrogens is 316 g/mol. The first-order chi connectivity index (χ1) is 9.74. The maximum absolute atomic E-state index is 5.72. The van der Waals surface area contributed by atoms with Gasteiger partial charge in [0, 0.05) is 40.9 Å². The van der Waals surface area contributed by atoms with E-state index in [1.54, 1.807) is 6.20 Å². The molecule has 2 heterocycles. The predicted octanol–water partition coefficient (Wildman–Crippen LogP) is 4.02. The first-order valence-corrected chi connectivity index (χ1v) is 7.61. The number of ether oxygens (including phenoxy) is 1. The lowest BCUT2D eigenvalue weighted by Crippen LogP contribution is -2.29. The molecule has 1 aromatic heterocycles. The number of halogens is 1. The Morgan fingerprint density at radius 2 is 2.30 bits per heavy atom. The number of aromatic nitrogens is 1. The van der Waals surface area contributed by atoms with Crippen molar-refractivity contribution in [2.75, 3.05) is 6.61 Å². The molecule has 1 N–H and O–H groups in total. The molecule has 2 aromatic rings. The Balaban J connectivity index is 1.81. The van der Waals surface area contributed by atoms with E-state index in [4.69, 9.17) is 4.74 Å². The minimum absolute atomic E-state index is 0.263. The van der Waals surface area contributed by atoms with Gasteiger partial charge in [0.1, 0.15) is 5.75 Å². The molecule has 0 amide bonds. The van der Waals surface area contributed by atoms with E-state index in [0.717, 1.165) is 23.2 Å². The second-order valence-corrected chi connectivity index (χ2v) is 5.96. The smallest absolute Gasteiger partial charge is 0.124 e. The maximum Gasteiger partial charge on any atom is 0.124 e. The highest BCUT2D eigenvalue weighted by molar-refractivity contribution is 9.10. The van der Waals surface area contributed by atoms with Crippen LogP contribution in [0, 0.1) is 0 Å². The lowest BCUT2D eigenvalue weighted by atomic mass is 9.99. The van der Waals surface area contributed by atoms with E-state index >= 15 is 0 Å². The molecule has 4 heteroatoms. The Kier molecular flexibility index (Phi) is 4.03. The molecule has 0 saturated carbocycles. The Labute approximate surface area is 127 Å². The summed E-state index contributed by atoms with van der Waals surface area (Å²) in [5.41, 5.74) is 2.43. The Hall–Kier alpha value is -1.39. The van der Waals surface area contributed by atoms with Crippen LogP contribution in [0.4, 0.5) is 0 Å². The summed E-state index contributed by atoms with van der Waals surface area (Å²) in [5, 5.41) is 3.68. The van der Waals surface area contributed by atoms with Crippen LogP contribution in [0.25, 0.3) is 0 Å². The van der Waals surface area contributed by atoms with Crippen LogP contribution < -0.4 is 10.1 Å². The molecule has 1 aliphatic heterocycles. The summed E-state index contributed by atoms with van der Waals surface area (Å²) in [6.45, 7) is 2.93. The molecule has 0 spiro atoms. The molecule has 0 saturated heterocycles. The van der Waals surface area contributed by atoms with Gasteiger partial charge in [-0.2, -0.15) is 0 Å². The zero-order chi connectivity index (χ0) is 13.9. The van der Waals surface area contributed by atoms with E-state index in [1.807, 2.05) is 24.4 Å². The average Bonchev–Trinajstić information content (AvgIpc) is 2.49. The van der Waals surface area contributed by atoms with Gasteiger partial charge in [0.25, 0.3) is 0 Å². The molecule has 0 radical (unpaired) electrons. The first kappa shape index (κ1) is 13.6. The minimum atomic E-state index is 0.263. The fourth-order valence-electron chi connectivity index (χ4n) is 2.57. The standard InChI is InChI=1S/C16H17BrN2O/c1-11(12-3-2-7-18-10-12)19-15-6-8-20-16-5-4-13(17)9-14(15)16/h2-5,7,9-11,15,19H,6,8H2,1H3. The third-order valence-electron chi connectivity index (χ3n) is 3.65. The number of nitrogens with zero attached hydrogens (tertiary/aromatic N) is 1. The molecule has 2 unspecified atom stereocenters. The van der Waals surface area contributed by atoms with Crippen molar-refractivity contribution in [3.63, 3.8) is 0 Å². The quantitative estimate of drug-likeness (QED) is 0.921. The van der Waals surface area contributed by atoms with Crippen LogP contribution >= 0.6 is 15.9 Å². The summed E-state index contributed by atoms with van der Waals surface area (Å²) in [5.74, 6) is 0.982. The third kappa shape index (κ3) is 2.86. The van der Waals surface area contributed by atoms with Gasteiger partial charge < -0.3 is 10.1 Å². The monoisotopic (exact) mass is 332 g/mol. The van der Waals surface area contributed by atoms with E-state index in [9.17, 15) is 0 Å². The molecule has 3 rings (SSSR count). The van der Waals surface area contributed by atoms with Crippen LogP contribution in [0.15, 0.2) is 47.2 Å². The molecular formula is C16H17BrN2O. The summed E-state index contributed by atoms with van der Waals surface area (Å²) in [6.07, 6.45) is 4.70. The molecule has 104 valence electrons. The number of hydrogen-bond donors (Lipinski definition) is 1. The van der Waals surface area contributed by atoms with Gasteiger partial charge in [-0.25, -0.2) is 0 Å². The van der Waals surface area contributed by atoms with Crippen molar-refractivity contribution in [3.8, 4) is 5.75 Å². The van der Waals surface area contributed by atoms with E-state index in [1.165, 1.54) is 11.1 Å². The number of nitrogens with one attached hydrogen (secondary N) is 1. The van der Waals surface area contributed by atoms with Crippen molar-refractivity contribution in [3.05, 3.63) is 58.3 Å². The Morgan fingerprint density at radius 3 is 3.10 bits per heavy atom. The van der Waals surface area contributed by atoms with Crippen molar-refractivity contribution in [1.29, 1.82) is 0 Å². The van der Waals surface area contributed by atoms with Gasteiger partial charge in [-0.15, -0.1) is 0 Å². The molecule has 1 aliphatic rings. The molecule has 2 atom stereocenters. The highest BCUT2D eigenvalue weighted by Gasteiger charge is 2.23. The van der Waals surface area contributed by atoms with Crippen LogP contribution in [0.3, 0.4) is 0 Å². The van der Waals surface area contributed by atoms with E-state index < -0.39 is 0 Å². The van der Waals surface area contributed by atoms with Crippen molar-refractivity contribution < 1.29 is 4.74 Å². The van der Waals surface area contributed by atoms with Crippen LogP contribution in [0.1, 0.15) is 36.6 Å². The molecule has 1 aromatic carbocycles. The summed E-state index contributed by atoms with van der Waals surface area (Å²) >= 11 is 3.54. The average molecular weight is 333 g/mol. The lowest BCUT2D eigenvalue weighted by molar-refractivity contribution is 0.246. The number of pyridine rings is 1. The number of hydrogen-bond acceptors (Lipinski definition) is 3. The van der Waals surface area contributed by atoms with Gasteiger partial charge in [0.2, 0.25) is 0 Å². The SMILES string of the molecule is CC(NC1CCOc2ccc(Br)cc21)c1cccnc1. The van der Waals surface area contributed by atoms with Crippen molar-refractivity contribution in [1.82, 2.24) is 10.3 Å². The molecule has 0 fully saturated rings. The van der Waals surface area contributed by atoms with Crippen LogP contribution in [0.2, 0.25) is 0 Å². The van der Waals surface area contributed by atoms with Crippen LogP contribution in [0.5, 0.6) is 5.75 Å². The fraction of sp³-hybridized carbons (Fsp3) is 0.312. The maximum atomic E-state index is 5.72. The van der Waals surface area contributed by atoms with Gasteiger partial charge in [0.05, 0.1) is 6.61 Å². The fourth-order valence-corrected chi connectivity index (χ4v) is 2.95. The molecule has 20 heavy (non-hydrogen) atoms. The molecule has 3 nitrogen and oxygen atoms in total. The van der Waals surface area contributed by atoms with Gasteiger partial charge in [-0.1, -0.05) is 22.0 Å². The molecule has 0 aliphatic carbocycles. The summed E-state index contributed by atoms with van der Waals surface area (Å²) in [4.78, 5) is 4.19. The van der Waals surface area contributed by atoms with E-state index in [-0.39, 0.29) is 6.04 Å². The van der Waals surface area contributed by atoms with Crippen molar-refractivity contribution in [2.45, 2.75) is 25.4 Å². The highest BCUT2D eigenvalue weighted by Crippen LogP contribution is 2.35. The zero-order valence-electron chi connectivity index (χ0n) is 11.3. The third-order valence-corrected chi connectivity index (χ3v) is 4.14. The van der Waals surface area contributed by atoms with Crippen LogP contribution in [-0.4, -0.2) is 11.6 Å². The van der Waals surface area contributed by atoms with Gasteiger partial charge in [-0.3, -0.25) is 4.98 Å². The van der Waals surface area contributed by atoms with Gasteiger partial charge >= 0.3 is 0 Å². The second-order valence-electron chi connectivity index (χ2n) is 5.05. The van der Waals surface area contributed by atoms with Gasteiger partial charge in [-0.05, 0) is 36.8 Å².